The van der Waals surface area contributed by atoms with Gasteiger partial charge in [-0.05, 0) is 36.4 Å². The van der Waals surface area contributed by atoms with E-state index < -0.39 is 5.56 Å². The van der Waals surface area contributed by atoms with Gasteiger partial charge in [-0.2, -0.15) is 5.26 Å². The number of anilines is 3. The molecular formula is C21H18ClN5O2. The monoisotopic (exact) mass is 407 g/mol. The van der Waals surface area contributed by atoms with E-state index in [2.05, 4.69) is 20.6 Å². The van der Waals surface area contributed by atoms with Crippen molar-refractivity contribution in [3.63, 3.8) is 0 Å². The maximum absolute atomic E-state index is 12.4. The van der Waals surface area contributed by atoms with E-state index in [4.69, 9.17) is 11.6 Å². The van der Waals surface area contributed by atoms with Crippen LogP contribution >= 0.6 is 11.6 Å². The second-order valence-corrected chi connectivity index (χ2v) is 7.04. The molecule has 3 aromatic rings. The molecule has 0 saturated heterocycles. The molecule has 8 heteroatoms. The van der Waals surface area contributed by atoms with Gasteiger partial charge in [-0.15, -0.1) is 0 Å². The van der Waals surface area contributed by atoms with Crippen LogP contribution in [0.15, 0.2) is 53.3 Å². The maximum Gasteiger partial charge on any atom is 0.270 e. The Kier molecular flexibility index (Phi) is 5.96. The number of nitrogens with zero attached hydrogens (tertiary/aromatic N) is 2. The Balaban J connectivity index is 2.01. The van der Waals surface area contributed by atoms with Gasteiger partial charge in [0, 0.05) is 27.9 Å². The molecule has 3 rings (SSSR count). The van der Waals surface area contributed by atoms with Crippen LogP contribution in [0.1, 0.15) is 19.4 Å². The van der Waals surface area contributed by atoms with Crippen molar-refractivity contribution in [2.24, 2.45) is 5.92 Å². The number of nitriles is 1. The van der Waals surface area contributed by atoms with Crippen LogP contribution < -0.4 is 16.2 Å². The predicted molar refractivity (Wildman–Crippen MR) is 113 cm³/mol. The Morgan fingerprint density at radius 2 is 1.90 bits per heavy atom. The Morgan fingerprint density at radius 1 is 1.17 bits per heavy atom. The zero-order chi connectivity index (χ0) is 21.0. The van der Waals surface area contributed by atoms with Crippen LogP contribution in [0.25, 0.3) is 11.3 Å². The second kappa shape index (κ2) is 8.59. The quantitative estimate of drug-likeness (QED) is 0.584. The molecule has 0 aliphatic rings. The van der Waals surface area contributed by atoms with E-state index in [-0.39, 0.29) is 29.0 Å². The van der Waals surface area contributed by atoms with Crippen molar-refractivity contribution in [2.75, 3.05) is 10.6 Å². The van der Waals surface area contributed by atoms with Gasteiger partial charge in [-0.25, -0.2) is 4.98 Å². The SMILES string of the molecule is CC(C)C(=O)Nc1cccc(-c2nc(Nc3ccc(Cl)cc3)[nH]c(=O)c2C#N)c1. The summed E-state index contributed by atoms with van der Waals surface area (Å²) in [6.07, 6.45) is 0. The van der Waals surface area contributed by atoms with Gasteiger partial charge in [0.15, 0.2) is 0 Å². The third-order valence-corrected chi connectivity index (χ3v) is 4.32. The molecule has 0 unspecified atom stereocenters. The van der Waals surface area contributed by atoms with Crippen molar-refractivity contribution in [1.82, 2.24) is 9.97 Å². The van der Waals surface area contributed by atoms with Crippen LogP contribution in [0.2, 0.25) is 5.02 Å². The van der Waals surface area contributed by atoms with Crippen molar-refractivity contribution < 1.29 is 4.79 Å². The Morgan fingerprint density at radius 3 is 2.55 bits per heavy atom. The molecule has 0 radical (unpaired) electrons. The number of carbonyl (C=O) groups excluding carboxylic acids is 1. The molecule has 0 atom stereocenters. The molecule has 0 saturated carbocycles. The summed E-state index contributed by atoms with van der Waals surface area (Å²) in [7, 11) is 0. The summed E-state index contributed by atoms with van der Waals surface area (Å²) in [5.41, 5.74) is 1.30. The minimum atomic E-state index is -0.564. The van der Waals surface area contributed by atoms with E-state index in [0.29, 0.717) is 22.0 Å². The summed E-state index contributed by atoms with van der Waals surface area (Å²) in [5, 5.41) is 15.8. The van der Waals surface area contributed by atoms with Crippen molar-refractivity contribution in [2.45, 2.75) is 13.8 Å². The fourth-order valence-electron chi connectivity index (χ4n) is 2.55. The molecule has 1 heterocycles. The highest BCUT2D eigenvalue weighted by Crippen LogP contribution is 2.25. The molecule has 0 bridgehead atoms. The zero-order valence-electron chi connectivity index (χ0n) is 15.8. The lowest BCUT2D eigenvalue weighted by Crippen LogP contribution is -2.18. The molecule has 1 amide bonds. The third-order valence-electron chi connectivity index (χ3n) is 4.07. The Bertz CT molecular complexity index is 1150. The predicted octanol–water partition coefficient (Wildman–Crippen LogP) is 4.30. The molecule has 146 valence electrons. The van der Waals surface area contributed by atoms with Crippen LogP contribution in [0.4, 0.5) is 17.3 Å². The van der Waals surface area contributed by atoms with Crippen LogP contribution in [-0.2, 0) is 4.79 Å². The van der Waals surface area contributed by atoms with E-state index in [0.717, 1.165) is 0 Å². The van der Waals surface area contributed by atoms with Gasteiger partial charge in [0.25, 0.3) is 5.56 Å². The van der Waals surface area contributed by atoms with E-state index >= 15 is 0 Å². The Hall–Kier alpha value is -3.63. The third kappa shape index (κ3) is 4.81. The van der Waals surface area contributed by atoms with Gasteiger partial charge in [-0.3, -0.25) is 14.6 Å². The summed E-state index contributed by atoms with van der Waals surface area (Å²) >= 11 is 5.89. The number of aromatic nitrogens is 2. The summed E-state index contributed by atoms with van der Waals surface area (Å²) in [6.45, 7) is 3.58. The molecule has 7 nitrogen and oxygen atoms in total. The van der Waals surface area contributed by atoms with E-state index in [1.54, 1.807) is 62.4 Å². The van der Waals surface area contributed by atoms with Crippen molar-refractivity contribution in [1.29, 1.82) is 5.26 Å². The molecule has 1 aromatic heterocycles. The van der Waals surface area contributed by atoms with Crippen LogP contribution in [0.3, 0.4) is 0 Å². The molecule has 0 fully saturated rings. The number of nitrogens with one attached hydrogen (secondary N) is 3. The first kappa shape index (κ1) is 20.1. The lowest BCUT2D eigenvalue weighted by atomic mass is 10.1. The molecule has 0 aliphatic carbocycles. The topological polar surface area (TPSA) is 111 Å². The first-order chi connectivity index (χ1) is 13.9. The van der Waals surface area contributed by atoms with Crippen molar-refractivity contribution in [3.8, 4) is 17.3 Å². The van der Waals surface area contributed by atoms with E-state index in [1.165, 1.54) is 0 Å². The summed E-state index contributed by atoms with van der Waals surface area (Å²) in [6, 6.07) is 15.6. The van der Waals surface area contributed by atoms with Crippen LogP contribution in [0.5, 0.6) is 0 Å². The molecular weight excluding hydrogens is 390 g/mol. The first-order valence-electron chi connectivity index (χ1n) is 8.85. The molecule has 3 N–H and O–H groups in total. The average Bonchev–Trinajstić information content (AvgIpc) is 2.69. The number of benzene rings is 2. The molecule has 0 aliphatic heterocycles. The second-order valence-electron chi connectivity index (χ2n) is 6.61. The zero-order valence-corrected chi connectivity index (χ0v) is 16.5. The number of halogens is 1. The fraction of sp³-hybridized carbons (Fsp3) is 0.143. The Labute approximate surface area is 172 Å². The number of aromatic amines is 1. The maximum atomic E-state index is 12.4. The smallest absolute Gasteiger partial charge is 0.270 e. The normalized spacial score (nSPS) is 10.4. The summed E-state index contributed by atoms with van der Waals surface area (Å²) in [4.78, 5) is 31.3. The van der Waals surface area contributed by atoms with Gasteiger partial charge >= 0.3 is 0 Å². The van der Waals surface area contributed by atoms with Gasteiger partial charge in [0.2, 0.25) is 11.9 Å². The fourth-order valence-corrected chi connectivity index (χ4v) is 2.67. The largest absolute Gasteiger partial charge is 0.326 e. The van der Waals surface area contributed by atoms with Gasteiger partial charge < -0.3 is 10.6 Å². The number of rotatable bonds is 5. The highest BCUT2D eigenvalue weighted by Gasteiger charge is 2.15. The first-order valence-corrected chi connectivity index (χ1v) is 9.23. The standard InChI is InChI=1S/C21H18ClN5O2/c1-12(2)19(28)24-16-5-3-4-13(10-16)18-17(11-23)20(29)27-21(26-18)25-15-8-6-14(22)7-9-15/h3-10,12H,1-2H3,(H,24,28)(H2,25,26,27,29). The number of H-pyrrole nitrogens is 1. The van der Waals surface area contributed by atoms with Crippen LogP contribution in [-0.4, -0.2) is 15.9 Å². The number of hydrogen-bond donors (Lipinski definition) is 3. The highest BCUT2D eigenvalue weighted by molar-refractivity contribution is 6.30. The summed E-state index contributed by atoms with van der Waals surface area (Å²) < 4.78 is 0. The van der Waals surface area contributed by atoms with E-state index in [9.17, 15) is 14.9 Å². The lowest BCUT2D eigenvalue weighted by Gasteiger charge is -2.11. The van der Waals surface area contributed by atoms with Crippen molar-refractivity contribution in [3.05, 3.63) is 69.5 Å². The molecule has 29 heavy (non-hydrogen) atoms. The molecule has 2 aromatic carbocycles. The van der Waals surface area contributed by atoms with Gasteiger partial charge in [0.1, 0.15) is 11.6 Å². The lowest BCUT2D eigenvalue weighted by molar-refractivity contribution is -0.118. The highest BCUT2D eigenvalue weighted by atomic mass is 35.5. The van der Waals surface area contributed by atoms with Gasteiger partial charge in [-0.1, -0.05) is 37.6 Å². The van der Waals surface area contributed by atoms with Crippen molar-refractivity contribution >= 4 is 34.8 Å². The average molecular weight is 408 g/mol. The van der Waals surface area contributed by atoms with E-state index in [1.807, 2.05) is 6.07 Å². The molecule has 0 spiro atoms. The number of carbonyl (C=O) groups is 1. The minimum absolute atomic E-state index is 0.112. The number of hydrogen-bond acceptors (Lipinski definition) is 5. The summed E-state index contributed by atoms with van der Waals surface area (Å²) in [5.74, 6) is -0.129. The minimum Gasteiger partial charge on any atom is -0.326 e. The van der Waals surface area contributed by atoms with Crippen LogP contribution in [0, 0.1) is 17.2 Å². The number of amides is 1. The van der Waals surface area contributed by atoms with Gasteiger partial charge in [0.05, 0.1) is 5.69 Å².